The average Bonchev–Trinajstić information content (AvgIpc) is 2.76. The van der Waals surface area contributed by atoms with E-state index in [1.54, 1.807) is 18.3 Å². The number of ketones is 1. The monoisotopic (exact) mass is 399 g/mol. The first-order chi connectivity index (χ1) is 13.6. The highest BCUT2D eigenvalue weighted by molar-refractivity contribution is 6.79. The smallest absolute Gasteiger partial charge is 0.215 e. The fourth-order valence-electron chi connectivity index (χ4n) is 3.44. The molecule has 0 unspecified atom stereocenters. The van der Waals surface area contributed by atoms with Crippen LogP contribution < -0.4 is 4.74 Å². The van der Waals surface area contributed by atoms with Crippen LogP contribution in [0.3, 0.4) is 0 Å². The van der Waals surface area contributed by atoms with Gasteiger partial charge in [0.2, 0.25) is 5.78 Å². The number of ether oxygens (including phenoxy) is 2. The maximum absolute atomic E-state index is 12.8. The zero-order valence-corrected chi connectivity index (χ0v) is 18.7. The second-order valence-electron chi connectivity index (χ2n) is 7.21. The Morgan fingerprint density at radius 1 is 1.00 bits per heavy atom. The van der Waals surface area contributed by atoms with Gasteiger partial charge in [-0.05, 0) is 30.2 Å². The Kier molecular flexibility index (Phi) is 8.86. The molecule has 152 valence electrons. The van der Waals surface area contributed by atoms with Crippen molar-refractivity contribution < 1.29 is 14.3 Å². The van der Waals surface area contributed by atoms with Gasteiger partial charge in [0.25, 0.3) is 0 Å². The second kappa shape index (κ2) is 11.1. The summed E-state index contributed by atoms with van der Waals surface area (Å²) in [4.78, 5) is 17.1. The van der Waals surface area contributed by atoms with Crippen LogP contribution in [-0.4, -0.2) is 32.2 Å². The third-order valence-corrected chi connectivity index (χ3v) is 11.7. The lowest BCUT2D eigenvalue weighted by Crippen LogP contribution is -2.32. The van der Waals surface area contributed by atoms with Crippen LogP contribution in [0.4, 0.5) is 0 Å². The van der Waals surface area contributed by atoms with Crippen molar-refractivity contribution >= 4 is 13.9 Å². The topological polar surface area (TPSA) is 48.4 Å². The van der Waals surface area contributed by atoms with Gasteiger partial charge in [0.1, 0.15) is 0 Å². The Labute approximate surface area is 170 Å². The Morgan fingerprint density at radius 3 is 2.29 bits per heavy atom. The zero-order valence-electron chi connectivity index (χ0n) is 17.7. The zero-order chi connectivity index (χ0) is 20.4. The van der Waals surface area contributed by atoms with E-state index < -0.39 is 8.07 Å². The van der Waals surface area contributed by atoms with E-state index in [0.717, 1.165) is 12.5 Å². The Hall–Kier alpha value is -1.98. The summed E-state index contributed by atoms with van der Waals surface area (Å²) in [5.41, 5.74) is 2.15. The first-order valence-electron chi connectivity index (χ1n) is 10.4. The van der Waals surface area contributed by atoms with Crippen molar-refractivity contribution in [1.29, 1.82) is 0 Å². The fraction of sp³-hybridized carbons (Fsp3) is 0.478. The van der Waals surface area contributed by atoms with Crippen molar-refractivity contribution in [1.82, 2.24) is 4.98 Å². The number of hydrogen-bond acceptors (Lipinski definition) is 4. The number of aryl methyl sites for hydroxylation is 1. The quantitative estimate of drug-likeness (QED) is 0.198. The van der Waals surface area contributed by atoms with Gasteiger partial charge in [-0.15, -0.1) is 0 Å². The van der Waals surface area contributed by atoms with Crippen LogP contribution in [0, 0.1) is 0 Å². The number of carbonyl (C=O) groups is 1. The first-order valence-corrected chi connectivity index (χ1v) is 13.2. The van der Waals surface area contributed by atoms with Crippen molar-refractivity contribution in [2.24, 2.45) is 0 Å². The minimum Gasteiger partial charge on any atom is -0.465 e. The minimum atomic E-state index is -1.17. The molecule has 0 radical (unpaired) electrons. The summed E-state index contributed by atoms with van der Waals surface area (Å²) in [6, 6.07) is 16.2. The van der Waals surface area contributed by atoms with Crippen LogP contribution in [0.25, 0.3) is 0 Å². The van der Waals surface area contributed by atoms with Crippen molar-refractivity contribution in [3.05, 3.63) is 59.4 Å². The molecule has 2 rings (SSSR count). The van der Waals surface area contributed by atoms with Gasteiger partial charge in [0.15, 0.2) is 18.2 Å². The van der Waals surface area contributed by atoms with Gasteiger partial charge in [0.05, 0.1) is 8.07 Å². The van der Waals surface area contributed by atoms with Crippen molar-refractivity contribution in [2.75, 3.05) is 13.4 Å². The molecular weight excluding hydrogens is 366 g/mol. The molecule has 0 aliphatic carbocycles. The van der Waals surface area contributed by atoms with Crippen LogP contribution in [-0.2, 0) is 11.2 Å². The van der Waals surface area contributed by atoms with Crippen LogP contribution in [0.2, 0.25) is 24.2 Å². The summed E-state index contributed by atoms with van der Waals surface area (Å²) in [6.07, 6.45) is 2.56. The molecule has 4 nitrogen and oxygen atoms in total. The van der Waals surface area contributed by atoms with E-state index >= 15 is 0 Å². The Balaban J connectivity index is 1.95. The summed E-state index contributed by atoms with van der Waals surface area (Å²) in [7, 11) is -1.17. The summed E-state index contributed by atoms with van der Waals surface area (Å²) in [5.74, 6) is 0.338. The number of pyridine rings is 1. The SMILES string of the molecule is CCc1ccc(C(=O)c2ncccc2OCOCC[Si](CC)(CC)CC)cc1. The molecule has 1 heterocycles. The lowest BCUT2D eigenvalue weighted by Gasteiger charge is -2.27. The van der Waals surface area contributed by atoms with E-state index in [1.165, 1.54) is 23.7 Å². The third-order valence-electron chi connectivity index (χ3n) is 5.93. The van der Waals surface area contributed by atoms with Crippen LogP contribution in [0.15, 0.2) is 42.6 Å². The predicted octanol–water partition coefficient (Wildman–Crippen LogP) is 5.74. The van der Waals surface area contributed by atoms with Gasteiger partial charge in [-0.3, -0.25) is 4.79 Å². The lowest BCUT2D eigenvalue weighted by atomic mass is 10.0. The fourth-order valence-corrected chi connectivity index (χ4v) is 6.58. The normalized spacial score (nSPS) is 11.4. The van der Waals surface area contributed by atoms with E-state index in [9.17, 15) is 4.79 Å². The van der Waals surface area contributed by atoms with Crippen LogP contribution in [0.5, 0.6) is 5.75 Å². The van der Waals surface area contributed by atoms with Gasteiger partial charge in [0, 0.05) is 18.4 Å². The molecule has 0 saturated carbocycles. The highest BCUT2D eigenvalue weighted by Gasteiger charge is 2.26. The predicted molar refractivity (Wildman–Crippen MR) is 117 cm³/mol. The molecule has 5 heteroatoms. The molecule has 0 amide bonds. The molecule has 1 aromatic carbocycles. The number of rotatable bonds is 12. The summed E-state index contributed by atoms with van der Waals surface area (Å²) >= 11 is 0. The van der Waals surface area contributed by atoms with Gasteiger partial charge in [-0.2, -0.15) is 0 Å². The van der Waals surface area contributed by atoms with E-state index in [0.29, 0.717) is 23.6 Å². The molecule has 28 heavy (non-hydrogen) atoms. The highest BCUT2D eigenvalue weighted by atomic mass is 28.3. The number of carbonyl (C=O) groups excluding carboxylic acids is 1. The third kappa shape index (κ3) is 5.76. The molecule has 0 saturated heterocycles. The maximum atomic E-state index is 12.8. The van der Waals surface area contributed by atoms with E-state index in [4.69, 9.17) is 9.47 Å². The second-order valence-corrected chi connectivity index (χ2v) is 12.8. The molecule has 0 bridgehead atoms. The van der Waals surface area contributed by atoms with Crippen molar-refractivity contribution in [3.8, 4) is 5.75 Å². The summed E-state index contributed by atoms with van der Waals surface area (Å²) < 4.78 is 11.5. The van der Waals surface area contributed by atoms with Gasteiger partial charge >= 0.3 is 0 Å². The van der Waals surface area contributed by atoms with Crippen LogP contribution >= 0.6 is 0 Å². The highest BCUT2D eigenvalue weighted by Crippen LogP contribution is 2.25. The number of aromatic nitrogens is 1. The van der Waals surface area contributed by atoms with Gasteiger partial charge in [-0.25, -0.2) is 4.98 Å². The number of nitrogens with zero attached hydrogens (tertiary/aromatic N) is 1. The number of hydrogen-bond donors (Lipinski definition) is 0. The molecule has 0 atom stereocenters. The Morgan fingerprint density at radius 2 is 1.68 bits per heavy atom. The van der Waals surface area contributed by atoms with E-state index in [2.05, 4.69) is 32.7 Å². The molecule has 0 fully saturated rings. The molecule has 0 aliphatic heterocycles. The maximum Gasteiger partial charge on any atom is 0.215 e. The van der Waals surface area contributed by atoms with E-state index in [-0.39, 0.29) is 12.6 Å². The van der Waals surface area contributed by atoms with Crippen molar-refractivity contribution in [2.45, 2.75) is 58.3 Å². The lowest BCUT2D eigenvalue weighted by molar-refractivity contribution is 0.0212. The first kappa shape index (κ1) is 22.3. The Bertz CT molecular complexity index is 734. The minimum absolute atomic E-state index is 0.132. The average molecular weight is 400 g/mol. The van der Waals surface area contributed by atoms with Crippen LogP contribution in [0.1, 0.15) is 49.3 Å². The largest absolute Gasteiger partial charge is 0.465 e. The standard InChI is InChI=1S/C23H33NO3Si/c1-5-19-11-13-20(14-12-19)23(25)22-21(10-9-15-24-22)27-18-26-16-17-28(6-2,7-3)8-4/h9-15H,5-8,16-18H2,1-4H3. The molecule has 0 spiro atoms. The summed E-state index contributed by atoms with van der Waals surface area (Å²) in [6.45, 7) is 9.85. The van der Waals surface area contributed by atoms with E-state index in [1.807, 2.05) is 24.3 Å². The number of benzene rings is 1. The van der Waals surface area contributed by atoms with Crippen molar-refractivity contribution in [3.63, 3.8) is 0 Å². The molecule has 0 aliphatic rings. The molecule has 1 aromatic heterocycles. The molecule has 0 N–H and O–H groups in total. The molecule has 2 aromatic rings. The molecular formula is C23H33NO3Si. The summed E-state index contributed by atoms with van der Waals surface area (Å²) in [5, 5.41) is 0. The van der Waals surface area contributed by atoms with Gasteiger partial charge < -0.3 is 9.47 Å². The van der Waals surface area contributed by atoms with Gasteiger partial charge in [-0.1, -0.05) is 70.1 Å².